The normalized spacial score (nSPS) is 23.8. The molecular weight excluding hydrogens is 332 g/mol. The molecule has 0 amide bonds. The van der Waals surface area contributed by atoms with E-state index in [1.807, 2.05) is 11.3 Å². The van der Waals surface area contributed by atoms with Gasteiger partial charge in [0.1, 0.15) is 0 Å². The van der Waals surface area contributed by atoms with E-state index in [-0.39, 0.29) is 0 Å². The fraction of sp³-hybridized carbons (Fsp3) is 0.750. The van der Waals surface area contributed by atoms with Crippen molar-refractivity contribution in [3.63, 3.8) is 0 Å². The van der Waals surface area contributed by atoms with Crippen LogP contribution in [0, 0.1) is 0 Å². The van der Waals surface area contributed by atoms with Crippen LogP contribution in [0.25, 0.3) is 0 Å². The molecule has 20 heavy (non-hydrogen) atoms. The molecule has 1 N–H and O–H groups in total. The van der Waals surface area contributed by atoms with E-state index in [9.17, 15) is 0 Å². The van der Waals surface area contributed by atoms with Gasteiger partial charge in [-0.2, -0.15) is 0 Å². The van der Waals surface area contributed by atoms with Crippen LogP contribution < -0.4 is 5.32 Å². The summed E-state index contributed by atoms with van der Waals surface area (Å²) in [5, 5.41) is 3.79. The van der Waals surface area contributed by atoms with Gasteiger partial charge in [-0.05, 0) is 92.3 Å². The van der Waals surface area contributed by atoms with E-state index in [1.165, 1.54) is 68.4 Å². The van der Waals surface area contributed by atoms with E-state index in [2.05, 4.69) is 32.2 Å². The number of hydrogen-bond acceptors (Lipinski definition) is 3. The molecule has 2 heterocycles. The maximum atomic E-state index is 3.79. The Kier molecular flexibility index (Phi) is 5.55. The van der Waals surface area contributed by atoms with Gasteiger partial charge in [-0.1, -0.05) is 6.42 Å². The molecule has 1 aromatic heterocycles. The molecule has 1 unspecified atom stereocenters. The standard InChI is InChI=1S/C16H25BrN2S/c17-16-12-13-14(6-4-7-15(13)20-16)18-8-5-11-19-9-2-1-3-10-19/h12,14,18H,1-11H2. The summed E-state index contributed by atoms with van der Waals surface area (Å²) >= 11 is 5.56. The highest BCUT2D eigenvalue weighted by molar-refractivity contribution is 9.11. The lowest BCUT2D eigenvalue weighted by Crippen LogP contribution is -2.33. The molecular formula is C16H25BrN2S. The van der Waals surface area contributed by atoms with Crippen LogP contribution in [0.1, 0.15) is 55.0 Å². The topological polar surface area (TPSA) is 15.3 Å². The molecule has 0 radical (unpaired) electrons. The molecule has 4 heteroatoms. The molecule has 1 aliphatic carbocycles. The summed E-state index contributed by atoms with van der Waals surface area (Å²) in [5.41, 5.74) is 1.56. The second-order valence-corrected chi connectivity index (χ2v) is 8.60. The molecule has 0 aromatic carbocycles. The summed E-state index contributed by atoms with van der Waals surface area (Å²) in [4.78, 5) is 4.23. The molecule has 1 aromatic rings. The van der Waals surface area contributed by atoms with Crippen molar-refractivity contribution in [3.05, 3.63) is 20.3 Å². The van der Waals surface area contributed by atoms with Crippen molar-refractivity contribution in [2.24, 2.45) is 0 Å². The van der Waals surface area contributed by atoms with Crippen molar-refractivity contribution in [3.8, 4) is 0 Å². The van der Waals surface area contributed by atoms with Crippen LogP contribution >= 0.6 is 27.3 Å². The predicted molar refractivity (Wildman–Crippen MR) is 90.6 cm³/mol. The zero-order chi connectivity index (χ0) is 13.8. The van der Waals surface area contributed by atoms with Gasteiger partial charge in [0.15, 0.2) is 0 Å². The van der Waals surface area contributed by atoms with Gasteiger partial charge in [0.2, 0.25) is 0 Å². The number of nitrogens with one attached hydrogen (secondary N) is 1. The molecule has 1 fully saturated rings. The van der Waals surface area contributed by atoms with Crippen LogP contribution in [-0.4, -0.2) is 31.1 Å². The molecule has 2 aliphatic rings. The number of piperidine rings is 1. The van der Waals surface area contributed by atoms with Crippen molar-refractivity contribution in [1.29, 1.82) is 0 Å². The first-order valence-electron chi connectivity index (χ1n) is 8.07. The Morgan fingerprint density at radius 1 is 1.25 bits per heavy atom. The minimum absolute atomic E-state index is 0.600. The summed E-state index contributed by atoms with van der Waals surface area (Å²) < 4.78 is 1.30. The molecule has 2 nitrogen and oxygen atoms in total. The Morgan fingerprint density at radius 2 is 2.10 bits per heavy atom. The Balaban J connectivity index is 1.42. The highest BCUT2D eigenvalue weighted by atomic mass is 79.9. The van der Waals surface area contributed by atoms with E-state index < -0.39 is 0 Å². The second-order valence-electron chi connectivity index (χ2n) is 6.08. The number of rotatable bonds is 5. The predicted octanol–water partition coefficient (Wildman–Crippen LogP) is 4.35. The fourth-order valence-corrected chi connectivity index (χ4v) is 5.31. The smallest absolute Gasteiger partial charge is 0.0704 e. The van der Waals surface area contributed by atoms with Gasteiger partial charge in [-0.3, -0.25) is 0 Å². The number of thiophene rings is 1. The van der Waals surface area contributed by atoms with Gasteiger partial charge in [0.05, 0.1) is 3.79 Å². The van der Waals surface area contributed by atoms with Crippen LogP contribution in [0.4, 0.5) is 0 Å². The number of fused-ring (bicyclic) bond motifs is 1. The van der Waals surface area contributed by atoms with Crippen molar-refractivity contribution >= 4 is 27.3 Å². The fourth-order valence-electron chi connectivity index (χ4n) is 3.50. The van der Waals surface area contributed by atoms with E-state index >= 15 is 0 Å². The number of nitrogens with zero attached hydrogens (tertiary/aromatic N) is 1. The van der Waals surface area contributed by atoms with Crippen LogP contribution in [0.5, 0.6) is 0 Å². The third-order valence-corrected chi connectivity index (χ3v) is 6.29. The molecule has 3 rings (SSSR count). The summed E-state index contributed by atoms with van der Waals surface area (Å²) in [6.07, 6.45) is 9.45. The first-order valence-corrected chi connectivity index (χ1v) is 9.68. The zero-order valence-corrected chi connectivity index (χ0v) is 14.6. The van der Waals surface area contributed by atoms with E-state index in [1.54, 1.807) is 10.4 Å². The molecule has 1 aliphatic heterocycles. The van der Waals surface area contributed by atoms with Crippen LogP contribution in [0.15, 0.2) is 9.85 Å². The molecule has 112 valence electrons. The first kappa shape index (κ1) is 15.0. The molecule has 1 saturated heterocycles. The number of halogens is 1. The van der Waals surface area contributed by atoms with Gasteiger partial charge in [0, 0.05) is 10.9 Å². The number of likely N-dealkylation sites (tertiary alicyclic amines) is 1. The third-order valence-electron chi connectivity index (χ3n) is 4.57. The van der Waals surface area contributed by atoms with Gasteiger partial charge < -0.3 is 10.2 Å². The Morgan fingerprint density at radius 3 is 2.95 bits per heavy atom. The molecule has 0 saturated carbocycles. The van der Waals surface area contributed by atoms with Crippen LogP contribution in [-0.2, 0) is 6.42 Å². The van der Waals surface area contributed by atoms with Crippen LogP contribution in [0.2, 0.25) is 0 Å². The van der Waals surface area contributed by atoms with Crippen molar-refractivity contribution in [2.75, 3.05) is 26.2 Å². The van der Waals surface area contributed by atoms with Crippen molar-refractivity contribution in [2.45, 2.75) is 51.0 Å². The molecule has 0 bridgehead atoms. The second kappa shape index (κ2) is 7.39. The lowest BCUT2D eigenvalue weighted by molar-refractivity contribution is 0.224. The lowest BCUT2D eigenvalue weighted by atomic mass is 9.94. The summed E-state index contributed by atoms with van der Waals surface area (Å²) in [7, 11) is 0. The maximum Gasteiger partial charge on any atom is 0.0704 e. The molecule has 0 spiro atoms. The first-order chi connectivity index (χ1) is 9.83. The minimum atomic E-state index is 0.600. The SMILES string of the molecule is Brc1cc2c(s1)CCCC2NCCCN1CCCCC1. The number of aryl methyl sites for hydroxylation is 1. The van der Waals surface area contributed by atoms with Gasteiger partial charge in [0.25, 0.3) is 0 Å². The Hall–Kier alpha value is 0.1000. The third kappa shape index (κ3) is 3.85. The highest BCUT2D eigenvalue weighted by Gasteiger charge is 2.22. The zero-order valence-electron chi connectivity index (χ0n) is 12.2. The molecule has 1 atom stereocenters. The van der Waals surface area contributed by atoms with E-state index in [0.717, 1.165) is 6.54 Å². The Labute approximate surface area is 135 Å². The average Bonchev–Trinajstić information content (AvgIpc) is 2.86. The van der Waals surface area contributed by atoms with E-state index in [4.69, 9.17) is 0 Å². The van der Waals surface area contributed by atoms with Gasteiger partial charge >= 0.3 is 0 Å². The number of hydrogen-bond donors (Lipinski definition) is 1. The largest absolute Gasteiger partial charge is 0.310 e. The van der Waals surface area contributed by atoms with Gasteiger partial charge in [-0.25, -0.2) is 0 Å². The lowest BCUT2D eigenvalue weighted by Gasteiger charge is -2.27. The minimum Gasteiger partial charge on any atom is -0.310 e. The maximum absolute atomic E-state index is 3.79. The van der Waals surface area contributed by atoms with E-state index in [0.29, 0.717) is 6.04 Å². The van der Waals surface area contributed by atoms with Crippen molar-refractivity contribution in [1.82, 2.24) is 10.2 Å². The quantitative estimate of drug-likeness (QED) is 0.788. The average molecular weight is 357 g/mol. The van der Waals surface area contributed by atoms with Crippen molar-refractivity contribution < 1.29 is 0 Å². The van der Waals surface area contributed by atoms with Crippen LogP contribution in [0.3, 0.4) is 0 Å². The monoisotopic (exact) mass is 356 g/mol. The van der Waals surface area contributed by atoms with Gasteiger partial charge in [-0.15, -0.1) is 11.3 Å². The summed E-state index contributed by atoms with van der Waals surface area (Å²) in [5.74, 6) is 0. The summed E-state index contributed by atoms with van der Waals surface area (Å²) in [6.45, 7) is 5.09. The highest BCUT2D eigenvalue weighted by Crippen LogP contribution is 2.37. The Bertz CT molecular complexity index is 426. The summed E-state index contributed by atoms with van der Waals surface area (Å²) in [6, 6.07) is 2.93.